The van der Waals surface area contributed by atoms with E-state index < -0.39 is 5.97 Å². The van der Waals surface area contributed by atoms with Crippen molar-refractivity contribution in [2.24, 2.45) is 0 Å². The molecule has 0 aliphatic rings. The highest BCUT2D eigenvalue weighted by Crippen LogP contribution is 2.11. The highest BCUT2D eigenvalue weighted by atomic mass is 16.5. The Morgan fingerprint density at radius 1 is 1.22 bits per heavy atom. The van der Waals surface area contributed by atoms with Crippen LogP contribution in [0.25, 0.3) is 0 Å². The third-order valence-corrected chi connectivity index (χ3v) is 2.30. The second-order valence-corrected chi connectivity index (χ2v) is 3.60. The van der Waals surface area contributed by atoms with Crippen molar-refractivity contribution in [3.8, 4) is 5.75 Å². The predicted octanol–water partition coefficient (Wildman–Crippen LogP) is 1.80. The van der Waals surface area contributed by atoms with Gasteiger partial charge in [-0.15, -0.1) is 0 Å². The van der Waals surface area contributed by atoms with Gasteiger partial charge in [-0.25, -0.2) is 9.78 Å². The van der Waals surface area contributed by atoms with E-state index in [1.807, 2.05) is 18.2 Å². The van der Waals surface area contributed by atoms with Crippen LogP contribution in [-0.4, -0.2) is 27.7 Å². The topological polar surface area (TPSA) is 72.3 Å². The number of carboxylic acids is 1. The zero-order chi connectivity index (χ0) is 12.8. The highest BCUT2D eigenvalue weighted by Gasteiger charge is 2.05. The van der Waals surface area contributed by atoms with Gasteiger partial charge < -0.3 is 9.84 Å². The third-order valence-electron chi connectivity index (χ3n) is 2.30. The third kappa shape index (κ3) is 3.28. The van der Waals surface area contributed by atoms with Crippen LogP contribution in [0.3, 0.4) is 0 Å². The van der Waals surface area contributed by atoms with Crippen LogP contribution < -0.4 is 4.74 Å². The van der Waals surface area contributed by atoms with Crippen LogP contribution in [0.5, 0.6) is 5.75 Å². The van der Waals surface area contributed by atoms with Gasteiger partial charge >= 0.3 is 5.97 Å². The van der Waals surface area contributed by atoms with E-state index in [-0.39, 0.29) is 5.69 Å². The van der Waals surface area contributed by atoms with Crippen LogP contribution in [0.4, 0.5) is 0 Å². The lowest BCUT2D eigenvalue weighted by atomic mass is 10.3. The zero-order valence-corrected chi connectivity index (χ0v) is 9.61. The lowest BCUT2D eigenvalue weighted by Crippen LogP contribution is -2.05. The summed E-state index contributed by atoms with van der Waals surface area (Å²) in [6.07, 6.45) is 3.81. The normalized spacial score (nSPS) is 10.0. The Bertz CT molecular complexity index is 529. The van der Waals surface area contributed by atoms with Crippen molar-refractivity contribution >= 4 is 5.97 Å². The number of carbonyl (C=O) groups is 1. The molecule has 92 valence electrons. The maximum absolute atomic E-state index is 10.7. The Hall–Kier alpha value is -2.43. The maximum atomic E-state index is 10.7. The first-order chi connectivity index (χ1) is 8.75. The van der Waals surface area contributed by atoms with Crippen molar-refractivity contribution in [1.82, 2.24) is 9.97 Å². The summed E-state index contributed by atoms with van der Waals surface area (Å²) in [5.41, 5.74) is 0.912. The van der Waals surface area contributed by atoms with Crippen molar-refractivity contribution in [2.45, 2.75) is 6.42 Å². The summed E-state index contributed by atoms with van der Waals surface area (Å²) in [6, 6.07) is 8.72. The molecule has 0 bridgehead atoms. The number of rotatable bonds is 5. The second kappa shape index (κ2) is 5.77. The van der Waals surface area contributed by atoms with Gasteiger partial charge in [-0.1, -0.05) is 6.07 Å². The number of aromatic nitrogens is 2. The Morgan fingerprint density at radius 3 is 2.83 bits per heavy atom. The quantitative estimate of drug-likeness (QED) is 0.868. The molecule has 0 spiro atoms. The molecule has 2 aromatic heterocycles. The largest absolute Gasteiger partial charge is 0.493 e. The molecule has 0 aliphatic heterocycles. The summed E-state index contributed by atoms with van der Waals surface area (Å²) in [5.74, 6) is -0.566. The maximum Gasteiger partial charge on any atom is 0.354 e. The van der Waals surface area contributed by atoms with Gasteiger partial charge in [0.15, 0.2) is 5.69 Å². The van der Waals surface area contributed by atoms with Crippen LogP contribution in [0.15, 0.2) is 42.7 Å². The van der Waals surface area contributed by atoms with E-state index in [0.717, 1.165) is 5.69 Å². The molecule has 0 fully saturated rings. The first-order valence-electron chi connectivity index (χ1n) is 5.48. The molecule has 0 saturated carbocycles. The summed E-state index contributed by atoms with van der Waals surface area (Å²) in [6.45, 7) is 0.445. The molecular weight excluding hydrogens is 232 g/mol. The minimum Gasteiger partial charge on any atom is -0.493 e. The van der Waals surface area contributed by atoms with Crippen molar-refractivity contribution < 1.29 is 14.6 Å². The van der Waals surface area contributed by atoms with Crippen molar-refractivity contribution in [3.63, 3.8) is 0 Å². The van der Waals surface area contributed by atoms with Crippen molar-refractivity contribution in [3.05, 3.63) is 54.1 Å². The SMILES string of the molecule is O=C(O)c1cc(OCCc2ccccn2)ccn1. The van der Waals surface area contributed by atoms with Gasteiger partial charge in [-0.05, 0) is 18.2 Å². The molecule has 18 heavy (non-hydrogen) atoms. The van der Waals surface area contributed by atoms with Crippen LogP contribution in [0.2, 0.25) is 0 Å². The number of hydrogen-bond acceptors (Lipinski definition) is 4. The van der Waals surface area contributed by atoms with Gasteiger partial charge in [0.1, 0.15) is 5.75 Å². The smallest absolute Gasteiger partial charge is 0.354 e. The molecule has 5 nitrogen and oxygen atoms in total. The van der Waals surface area contributed by atoms with Crippen LogP contribution in [-0.2, 0) is 6.42 Å². The standard InChI is InChI=1S/C13H12N2O3/c16-13(17)12-9-11(4-7-15-12)18-8-5-10-3-1-2-6-14-10/h1-4,6-7,9H,5,8H2,(H,16,17). The van der Waals surface area contributed by atoms with Crippen LogP contribution in [0.1, 0.15) is 16.2 Å². The van der Waals surface area contributed by atoms with Gasteiger partial charge in [0.05, 0.1) is 6.61 Å². The fourth-order valence-corrected chi connectivity index (χ4v) is 1.44. The summed E-state index contributed by atoms with van der Waals surface area (Å²) in [7, 11) is 0. The first-order valence-corrected chi connectivity index (χ1v) is 5.48. The average Bonchev–Trinajstić information content (AvgIpc) is 2.40. The fraction of sp³-hybridized carbons (Fsp3) is 0.154. The van der Waals surface area contributed by atoms with Gasteiger partial charge in [0.2, 0.25) is 0 Å². The molecule has 0 aromatic carbocycles. The zero-order valence-electron chi connectivity index (χ0n) is 9.61. The monoisotopic (exact) mass is 244 g/mol. The molecule has 0 radical (unpaired) electrons. The molecule has 0 aliphatic carbocycles. The number of nitrogens with zero attached hydrogens (tertiary/aromatic N) is 2. The summed E-state index contributed by atoms with van der Waals surface area (Å²) in [4.78, 5) is 18.6. The van der Waals surface area contributed by atoms with E-state index >= 15 is 0 Å². The molecule has 5 heteroatoms. The summed E-state index contributed by atoms with van der Waals surface area (Å²) < 4.78 is 5.46. The van der Waals surface area contributed by atoms with E-state index in [4.69, 9.17) is 9.84 Å². The van der Waals surface area contributed by atoms with Crippen LogP contribution >= 0.6 is 0 Å². The van der Waals surface area contributed by atoms with Crippen LogP contribution in [0, 0.1) is 0 Å². The average molecular weight is 244 g/mol. The molecule has 2 heterocycles. The molecule has 1 N–H and O–H groups in total. The van der Waals surface area contributed by atoms with Crippen molar-refractivity contribution in [1.29, 1.82) is 0 Å². The lowest BCUT2D eigenvalue weighted by molar-refractivity contribution is 0.0690. The van der Waals surface area contributed by atoms with Gasteiger partial charge in [-0.2, -0.15) is 0 Å². The number of carboxylic acid groups (broad SMARTS) is 1. The number of hydrogen-bond donors (Lipinski definition) is 1. The minimum absolute atomic E-state index is 0.0228. The Labute approximate surface area is 104 Å². The number of aromatic carboxylic acids is 1. The van der Waals surface area contributed by atoms with E-state index in [0.29, 0.717) is 18.8 Å². The molecular formula is C13H12N2O3. The number of ether oxygens (including phenoxy) is 1. The molecule has 0 atom stereocenters. The predicted molar refractivity (Wildman–Crippen MR) is 64.6 cm³/mol. The highest BCUT2D eigenvalue weighted by molar-refractivity contribution is 5.85. The van der Waals surface area contributed by atoms with E-state index in [1.54, 1.807) is 12.3 Å². The van der Waals surface area contributed by atoms with Gasteiger partial charge in [-0.3, -0.25) is 4.98 Å². The summed E-state index contributed by atoms with van der Waals surface area (Å²) >= 11 is 0. The van der Waals surface area contributed by atoms with E-state index in [9.17, 15) is 4.79 Å². The molecule has 0 saturated heterocycles. The molecule has 2 aromatic rings. The van der Waals surface area contributed by atoms with E-state index in [1.165, 1.54) is 12.3 Å². The lowest BCUT2D eigenvalue weighted by Gasteiger charge is -2.05. The van der Waals surface area contributed by atoms with E-state index in [2.05, 4.69) is 9.97 Å². The minimum atomic E-state index is -1.06. The summed E-state index contributed by atoms with van der Waals surface area (Å²) in [5, 5.41) is 8.78. The Morgan fingerprint density at radius 2 is 2.11 bits per heavy atom. The fourth-order valence-electron chi connectivity index (χ4n) is 1.44. The Balaban J connectivity index is 1.90. The molecule has 2 rings (SSSR count). The molecule has 0 unspecified atom stereocenters. The number of pyridine rings is 2. The van der Waals surface area contributed by atoms with Gasteiger partial charge in [0.25, 0.3) is 0 Å². The van der Waals surface area contributed by atoms with Gasteiger partial charge in [0, 0.05) is 30.6 Å². The molecule has 0 amide bonds. The Kier molecular flexibility index (Phi) is 3.86. The first kappa shape index (κ1) is 12.0. The second-order valence-electron chi connectivity index (χ2n) is 3.60. The van der Waals surface area contributed by atoms with Crippen molar-refractivity contribution in [2.75, 3.05) is 6.61 Å².